The quantitative estimate of drug-likeness (QED) is 0.594. The fourth-order valence-corrected chi connectivity index (χ4v) is 1.26. The molecule has 3 heteroatoms. The molecule has 0 aromatic heterocycles. The average molecular weight is 206 g/mol. The molecule has 0 spiro atoms. The van der Waals surface area contributed by atoms with Crippen molar-refractivity contribution < 1.29 is 4.74 Å². The number of methoxy groups -OCH3 is 1. The first-order valence-corrected chi connectivity index (χ1v) is 5.18. The van der Waals surface area contributed by atoms with Crippen molar-refractivity contribution in [1.82, 2.24) is 0 Å². The number of rotatable bonds is 5. The number of hydrogen-bond acceptors (Lipinski definition) is 2. The van der Waals surface area contributed by atoms with Gasteiger partial charge in [-0.3, -0.25) is 4.99 Å². The predicted octanol–water partition coefficient (Wildman–Crippen LogP) is 2.35. The van der Waals surface area contributed by atoms with Gasteiger partial charge in [-0.25, -0.2) is 0 Å². The Bertz CT molecular complexity index is 317. The van der Waals surface area contributed by atoms with Crippen LogP contribution in [-0.4, -0.2) is 12.9 Å². The number of ether oxygens (including phenoxy) is 1. The molecule has 0 aliphatic carbocycles. The number of nitrogens with zero attached hydrogens (tertiary/aromatic N) is 1. The van der Waals surface area contributed by atoms with Crippen LogP contribution in [0.5, 0.6) is 5.75 Å². The molecule has 3 nitrogen and oxygen atoms in total. The first-order chi connectivity index (χ1) is 7.26. The van der Waals surface area contributed by atoms with Crippen LogP contribution in [0.3, 0.4) is 0 Å². The molecule has 0 bridgehead atoms. The minimum atomic E-state index is 0.649. The highest BCUT2D eigenvalue weighted by Crippen LogP contribution is 2.11. The monoisotopic (exact) mass is 206 g/mol. The van der Waals surface area contributed by atoms with Gasteiger partial charge in [-0.1, -0.05) is 19.1 Å². The van der Waals surface area contributed by atoms with E-state index >= 15 is 0 Å². The lowest BCUT2D eigenvalue weighted by Crippen LogP contribution is -2.11. The fraction of sp³-hybridized carbons (Fsp3) is 0.417. The first-order valence-electron chi connectivity index (χ1n) is 5.18. The molecule has 15 heavy (non-hydrogen) atoms. The van der Waals surface area contributed by atoms with Crippen molar-refractivity contribution in [2.75, 3.05) is 7.11 Å². The lowest BCUT2D eigenvalue weighted by Gasteiger charge is -2.01. The lowest BCUT2D eigenvalue weighted by atomic mass is 10.2. The van der Waals surface area contributed by atoms with Crippen LogP contribution in [0.4, 0.5) is 0 Å². The maximum Gasteiger partial charge on any atom is 0.118 e. The van der Waals surface area contributed by atoms with Gasteiger partial charge >= 0.3 is 0 Å². The number of benzene rings is 1. The Morgan fingerprint density at radius 1 is 1.33 bits per heavy atom. The molecule has 1 rings (SSSR count). The lowest BCUT2D eigenvalue weighted by molar-refractivity contribution is 0.414. The molecule has 0 aliphatic rings. The second-order valence-electron chi connectivity index (χ2n) is 3.41. The maximum absolute atomic E-state index is 5.71. The molecule has 0 saturated heterocycles. The third-order valence-corrected chi connectivity index (χ3v) is 2.13. The van der Waals surface area contributed by atoms with Gasteiger partial charge in [0.25, 0.3) is 0 Å². The number of nitrogens with two attached hydrogens (primary N) is 1. The van der Waals surface area contributed by atoms with Crippen molar-refractivity contribution >= 4 is 5.84 Å². The van der Waals surface area contributed by atoms with Crippen molar-refractivity contribution in [2.24, 2.45) is 10.7 Å². The van der Waals surface area contributed by atoms with E-state index in [-0.39, 0.29) is 0 Å². The summed E-state index contributed by atoms with van der Waals surface area (Å²) in [7, 11) is 1.66. The summed E-state index contributed by atoms with van der Waals surface area (Å²) in [6.45, 7) is 2.74. The topological polar surface area (TPSA) is 47.6 Å². The second kappa shape index (κ2) is 6.06. The van der Waals surface area contributed by atoms with Gasteiger partial charge in [0.05, 0.1) is 19.5 Å². The zero-order chi connectivity index (χ0) is 11.1. The molecule has 1 aromatic rings. The van der Waals surface area contributed by atoms with Crippen LogP contribution in [0.1, 0.15) is 25.3 Å². The van der Waals surface area contributed by atoms with Crippen LogP contribution in [-0.2, 0) is 6.54 Å². The summed E-state index contributed by atoms with van der Waals surface area (Å²) in [5.41, 5.74) is 6.86. The standard InChI is InChI=1S/C12H18N2O/c1-3-4-12(13)14-9-10-5-7-11(15-2)8-6-10/h5-8H,3-4,9H2,1-2H3,(H2,13,14). The molecular weight excluding hydrogens is 188 g/mol. The summed E-state index contributed by atoms with van der Waals surface area (Å²) in [6, 6.07) is 7.87. The van der Waals surface area contributed by atoms with Crippen LogP contribution in [0, 0.1) is 0 Å². The Balaban J connectivity index is 2.54. The highest BCUT2D eigenvalue weighted by Gasteiger charge is 1.94. The largest absolute Gasteiger partial charge is 0.497 e. The molecule has 0 radical (unpaired) electrons. The zero-order valence-corrected chi connectivity index (χ0v) is 9.36. The van der Waals surface area contributed by atoms with Crippen molar-refractivity contribution in [3.8, 4) is 5.75 Å². The van der Waals surface area contributed by atoms with Crippen molar-refractivity contribution in [3.05, 3.63) is 29.8 Å². The van der Waals surface area contributed by atoms with E-state index < -0.39 is 0 Å². The van der Waals surface area contributed by atoms with Crippen molar-refractivity contribution in [3.63, 3.8) is 0 Å². The normalized spacial score (nSPS) is 11.5. The van der Waals surface area contributed by atoms with E-state index in [0.717, 1.165) is 30.0 Å². The van der Waals surface area contributed by atoms with E-state index in [1.165, 1.54) is 0 Å². The Morgan fingerprint density at radius 3 is 2.53 bits per heavy atom. The Morgan fingerprint density at radius 2 is 2.00 bits per heavy atom. The van der Waals surface area contributed by atoms with Gasteiger partial charge < -0.3 is 10.5 Å². The molecule has 0 heterocycles. The Hall–Kier alpha value is -1.51. The summed E-state index contributed by atoms with van der Waals surface area (Å²) in [6.07, 6.45) is 1.91. The van der Waals surface area contributed by atoms with E-state index in [1.54, 1.807) is 7.11 Å². The van der Waals surface area contributed by atoms with E-state index in [2.05, 4.69) is 11.9 Å². The molecule has 0 saturated carbocycles. The third-order valence-electron chi connectivity index (χ3n) is 2.13. The van der Waals surface area contributed by atoms with Gasteiger partial charge in [-0.2, -0.15) is 0 Å². The number of aliphatic imine (C=N–C) groups is 1. The van der Waals surface area contributed by atoms with Crippen LogP contribution >= 0.6 is 0 Å². The molecular formula is C12H18N2O. The molecule has 0 aliphatic heterocycles. The van der Waals surface area contributed by atoms with E-state index in [0.29, 0.717) is 6.54 Å². The predicted molar refractivity (Wildman–Crippen MR) is 63.2 cm³/mol. The number of amidine groups is 1. The van der Waals surface area contributed by atoms with Crippen molar-refractivity contribution in [2.45, 2.75) is 26.3 Å². The average Bonchev–Trinajstić information content (AvgIpc) is 2.27. The van der Waals surface area contributed by atoms with Gasteiger partial charge in [0, 0.05) is 6.42 Å². The third kappa shape index (κ3) is 4.02. The zero-order valence-electron chi connectivity index (χ0n) is 9.36. The van der Waals surface area contributed by atoms with Crippen LogP contribution < -0.4 is 10.5 Å². The van der Waals surface area contributed by atoms with E-state index in [9.17, 15) is 0 Å². The van der Waals surface area contributed by atoms with Gasteiger partial charge in [0.15, 0.2) is 0 Å². The molecule has 2 N–H and O–H groups in total. The molecule has 0 unspecified atom stereocenters. The smallest absolute Gasteiger partial charge is 0.118 e. The van der Waals surface area contributed by atoms with Crippen LogP contribution in [0.15, 0.2) is 29.3 Å². The SMILES string of the molecule is CCCC(N)=NCc1ccc(OC)cc1. The molecule has 0 fully saturated rings. The summed E-state index contributed by atoms with van der Waals surface area (Å²) in [5, 5.41) is 0. The second-order valence-corrected chi connectivity index (χ2v) is 3.41. The van der Waals surface area contributed by atoms with Crippen LogP contribution in [0.25, 0.3) is 0 Å². The summed E-state index contributed by atoms with van der Waals surface area (Å²) < 4.78 is 5.07. The highest BCUT2D eigenvalue weighted by molar-refractivity contribution is 5.80. The molecule has 82 valence electrons. The molecule has 1 aromatic carbocycles. The summed E-state index contributed by atoms with van der Waals surface area (Å²) in [4.78, 5) is 4.29. The molecule has 0 atom stereocenters. The van der Waals surface area contributed by atoms with Gasteiger partial charge in [-0.15, -0.1) is 0 Å². The minimum Gasteiger partial charge on any atom is -0.497 e. The summed E-state index contributed by atoms with van der Waals surface area (Å²) in [5.74, 6) is 1.59. The summed E-state index contributed by atoms with van der Waals surface area (Å²) >= 11 is 0. The first kappa shape index (κ1) is 11.6. The van der Waals surface area contributed by atoms with E-state index in [4.69, 9.17) is 10.5 Å². The van der Waals surface area contributed by atoms with Gasteiger partial charge in [-0.05, 0) is 24.1 Å². The maximum atomic E-state index is 5.71. The Labute approximate surface area is 91.0 Å². The number of hydrogen-bond donors (Lipinski definition) is 1. The van der Waals surface area contributed by atoms with Crippen molar-refractivity contribution in [1.29, 1.82) is 0 Å². The fourth-order valence-electron chi connectivity index (χ4n) is 1.26. The van der Waals surface area contributed by atoms with E-state index in [1.807, 2.05) is 24.3 Å². The van der Waals surface area contributed by atoms with Gasteiger partial charge in [0.1, 0.15) is 5.75 Å². The Kier molecular flexibility index (Phi) is 4.68. The van der Waals surface area contributed by atoms with Gasteiger partial charge in [0.2, 0.25) is 0 Å². The highest BCUT2D eigenvalue weighted by atomic mass is 16.5. The van der Waals surface area contributed by atoms with Crippen LogP contribution in [0.2, 0.25) is 0 Å². The molecule has 0 amide bonds. The minimum absolute atomic E-state index is 0.649.